The Morgan fingerprint density at radius 3 is 1.35 bits per heavy atom. The van der Waals surface area contributed by atoms with E-state index in [2.05, 4.69) is 74.9 Å². The molecule has 0 saturated carbocycles. The molecule has 6 rings (SSSR count). The molecule has 0 aliphatic rings. The third-order valence-electron chi connectivity index (χ3n) is 8.96. The molecule has 2 aromatic heterocycles. The Kier molecular flexibility index (Phi) is 39.0. The normalized spacial score (nSPS) is 10.7. The largest absolute Gasteiger partial charge is 0.481 e. The van der Waals surface area contributed by atoms with Crippen LogP contribution in [0.15, 0.2) is 147 Å². The molecule has 80 heavy (non-hydrogen) atoms. The first-order chi connectivity index (χ1) is 37.4. The summed E-state index contributed by atoms with van der Waals surface area (Å²) in [4.78, 5) is 63.4. The van der Waals surface area contributed by atoms with Gasteiger partial charge in [0.2, 0.25) is 5.24 Å². The minimum Gasteiger partial charge on any atom is -0.481 e. The van der Waals surface area contributed by atoms with Crippen LogP contribution in [0.1, 0.15) is 88.0 Å². The Balaban J connectivity index is 0.000000944. The molecule has 4 aromatic carbocycles. The molecule has 0 saturated heterocycles. The van der Waals surface area contributed by atoms with Crippen molar-refractivity contribution < 1.29 is 44.0 Å². The molecule has 0 radical (unpaired) electrons. The number of ether oxygens (including phenoxy) is 1. The number of fused-ring (bicyclic) bond motifs is 1. The Morgan fingerprint density at radius 2 is 0.975 bits per heavy atom. The number of thiol groups is 2. The standard InChI is InChI=1S/C13H19NO2S2.C12H17NO2S2.C10H13NO2S2.C7H5NS.C7H9NS.C5H10O2S.C2H3ClO/c1-13(2,9-12(15)16-4)18-17-11-8-6-5-7-10(11)14-3;1-12(2,8-11(14)15)17-16-10-7-5-4-6-9(10)13-3;1-10(2,7-9(12)13)15-14-8-5-3-4-6-11-8;1-2-4-7-6(3-1)8-5-9-7;1-8-6-4-2-3-5-7(6)9;1-5(2,8)3-4(6)7;1-2(3)4/h5-8,14H,9H2,1-4H3;4-7,13H,8H2,1-3H3,(H,14,15);3-6H,7H2,1-2H3,(H,12,13);1-5H;2-5,8-9H,1H3;8H,3H2,1-2H3,(H,6,7);1H3. The fourth-order valence-electron chi connectivity index (χ4n) is 5.45. The van der Waals surface area contributed by atoms with Crippen LogP contribution < -0.4 is 16.0 Å². The van der Waals surface area contributed by atoms with Gasteiger partial charge in [-0.3, -0.25) is 24.0 Å². The van der Waals surface area contributed by atoms with Gasteiger partial charge in [-0.1, -0.05) is 122 Å². The lowest BCUT2D eigenvalue weighted by atomic mass is 10.1. The Morgan fingerprint density at radius 1 is 0.575 bits per heavy atom. The highest BCUT2D eigenvalue weighted by molar-refractivity contribution is 8.77. The third-order valence-corrected chi connectivity index (χ3v) is 20.2. The van der Waals surface area contributed by atoms with Gasteiger partial charge in [-0.15, -0.1) is 24.0 Å². The molecule has 0 fully saturated rings. The van der Waals surface area contributed by atoms with E-state index >= 15 is 0 Å². The van der Waals surface area contributed by atoms with Gasteiger partial charge in [-0.2, -0.15) is 12.6 Å². The maximum absolute atomic E-state index is 11.3. The number of nitrogens with zero attached hydrogens (tertiary/aromatic N) is 2. The molecule has 440 valence electrons. The van der Waals surface area contributed by atoms with Crippen LogP contribution in [-0.4, -0.2) is 102 Å². The highest BCUT2D eigenvalue weighted by Gasteiger charge is 2.26. The SMILES string of the molecule is CC(=O)Cl.CC(C)(CC(=O)O)SSc1ccccn1.CC(C)(S)CC(=O)O.CNc1ccccc1S.CNc1ccccc1SSC(C)(C)CC(=O)O.CNc1ccccc1SSC(C)(C)CC(=O)OC.c1ccc2scnc2c1. The van der Waals surface area contributed by atoms with Gasteiger partial charge in [0, 0.05) is 85.0 Å². The van der Waals surface area contributed by atoms with Crippen LogP contribution in [0.25, 0.3) is 10.2 Å². The van der Waals surface area contributed by atoms with E-state index in [0.29, 0.717) is 6.42 Å². The number of rotatable bonds is 20. The number of aliphatic carboxylic acids is 3. The van der Waals surface area contributed by atoms with Crippen molar-refractivity contribution in [3.8, 4) is 0 Å². The Bertz CT molecular complexity index is 2720. The number of anilines is 3. The smallest absolute Gasteiger partial charge is 0.306 e. The monoisotopic (exact) mass is 1290 g/mol. The fourth-order valence-corrected chi connectivity index (χ4v) is 13.6. The van der Waals surface area contributed by atoms with Gasteiger partial charge in [0.15, 0.2) is 0 Å². The van der Waals surface area contributed by atoms with Crippen LogP contribution in [0.3, 0.4) is 0 Å². The molecular formula is C56H76ClN5O9S9. The quantitative estimate of drug-likeness (QED) is 0.0154. The molecule has 6 aromatic rings. The number of aromatic nitrogens is 2. The van der Waals surface area contributed by atoms with E-state index in [1.54, 1.807) is 74.6 Å². The van der Waals surface area contributed by atoms with E-state index in [0.717, 1.165) is 37.4 Å². The number of hydrogen-bond acceptors (Lipinski definition) is 20. The number of nitrogens with one attached hydrogen (secondary N) is 3. The minimum atomic E-state index is -0.801. The molecule has 6 N–H and O–H groups in total. The number of carboxylic acid groups (broad SMARTS) is 3. The van der Waals surface area contributed by atoms with Crippen LogP contribution >= 0.6 is 113 Å². The van der Waals surface area contributed by atoms with Crippen molar-refractivity contribution >= 4 is 169 Å². The molecule has 24 heteroatoms. The average molecular weight is 1290 g/mol. The molecule has 2 heterocycles. The zero-order valence-corrected chi connectivity index (χ0v) is 55.5. The Labute approximate surface area is 516 Å². The number of carboxylic acids is 3. The minimum absolute atomic E-state index is 0.107. The van der Waals surface area contributed by atoms with Crippen LogP contribution in [0, 0.1) is 0 Å². The van der Waals surface area contributed by atoms with Crippen molar-refractivity contribution in [3.05, 3.63) is 127 Å². The van der Waals surface area contributed by atoms with E-state index in [-0.39, 0.29) is 49.5 Å². The number of carbonyl (C=O) groups excluding carboxylic acids is 2. The first kappa shape index (κ1) is 76.0. The summed E-state index contributed by atoms with van der Waals surface area (Å²) in [5, 5.41) is 35.6. The third kappa shape index (κ3) is 39.4. The second-order valence-corrected chi connectivity index (χ2v) is 30.5. The van der Waals surface area contributed by atoms with Crippen molar-refractivity contribution in [3.63, 3.8) is 0 Å². The highest BCUT2D eigenvalue weighted by atomic mass is 35.5. The summed E-state index contributed by atoms with van der Waals surface area (Å²) in [7, 11) is 16.7. The zero-order chi connectivity index (χ0) is 61.0. The first-order valence-electron chi connectivity index (χ1n) is 24.2. The van der Waals surface area contributed by atoms with Gasteiger partial charge in [-0.05, 0) is 125 Å². The van der Waals surface area contributed by atoms with Crippen LogP contribution in [0.4, 0.5) is 17.1 Å². The van der Waals surface area contributed by atoms with Crippen LogP contribution in [-0.2, 0) is 28.7 Å². The predicted molar refractivity (Wildman–Crippen MR) is 355 cm³/mol. The Hall–Kier alpha value is -4.04. The maximum Gasteiger partial charge on any atom is 0.306 e. The second kappa shape index (κ2) is 41.0. The highest BCUT2D eigenvalue weighted by Crippen LogP contribution is 2.46. The molecule has 0 atom stereocenters. The van der Waals surface area contributed by atoms with E-state index in [1.807, 2.05) is 171 Å². The van der Waals surface area contributed by atoms with Gasteiger partial charge in [-0.25, -0.2) is 9.97 Å². The van der Waals surface area contributed by atoms with Crippen molar-refractivity contribution in [1.29, 1.82) is 0 Å². The number of methoxy groups -OCH3 is 1. The van der Waals surface area contributed by atoms with Gasteiger partial charge in [0.25, 0.3) is 0 Å². The number of esters is 1. The summed E-state index contributed by atoms with van der Waals surface area (Å²) in [6.45, 7) is 16.6. The molecule has 0 aliphatic heterocycles. The van der Waals surface area contributed by atoms with Crippen molar-refractivity contribution in [2.75, 3.05) is 44.2 Å². The van der Waals surface area contributed by atoms with E-state index in [9.17, 15) is 24.0 Å². The average Bonchev–Trinajstić information content (AvgIpc) is 3.86. The molecule has 14 nitrogen and oxygen atoms in total. The van der Waals surface area contributed by atoms with Crippen molar-refractivity contribution in [1.82, 2.24) is 9.97 Å². The van der Waals surface area contributed by atoms with Gasteiger partial charge in [0.1, 0.15) is 5.03 Å². The molecule has 0 unspecified atom stereocenters. The summed E-state index contributed by atoms with van der Waals surface area (Å²) >= 11 is 14.5. The van der Waals surface area contributed by atoms with Crippen molar-refractivity contribution in [2.45, 2.75) is 127 Å². The molecular weight excluding hydrogens is 1210 g/mol. The summed E-state index contributed by atoms with van der Waals surface area (Å²) in [6, 6.07) is 37.8. The predicted octanol–water partition coefficient (Wildman–Crippen LogP) is 16.9. The maximum atomic E-state index is 11.3. The van der Waals surface area contributed by atoms with Crippen LogP contribution in [0.5, 0.6) is 0 Å². The number of hydrogen-bond donors (Lipinski definition) is 8. The van der Waals surface area contributed by atoms with Crippen LogP contribution in [0.2, 0.25) is 0 Å². The lowest BCUT2D eigenvalue weighted by Gasteiger charge is -2.22. The molecule has 0 spiro atoms. The summed E-state index contributed by atoms with van der Waals surface area (Å²) in [5.74, 6) is -2.50. The summed E-state index contributed by atoms with van der Waals surface area (Å²) in [5.41, 5.74) is 6.20. The number of thiazole rings is 1. The lowest BCUT2D eigenvalue weighted by Crippen LogP contribution is -2.19. The molecule has 0 aliphatic carbocycles. The second-order valence-electron chi connectivity index (χ2n) is 18.8. The van der Waals surface area contributed by atoms with Gasteiger partial charge < -0.3 is 36.0 Å². The van der Waals surface area contributed by atoms with E-state index < -0.39 is 17.9 Å². The zero-order valence-electron chi connectivity index (χ0n) is 47.3. The molecule has 0 bridgehead atoms. The number of pyridine rings is 1. The van der Waals surface area contributed by atoms with Gasteiger partial charge >= 0.3 is 23.9 Å². The number of carbonyl (C=O) groups is 5. The topological polar surface area (TPSA) is 217 Å². The summed E-state index contributed by atoms with van der Waals surface area (Å²) < 4.78 is 4.87. The number of benzene rings is 4. The number of para-hydroxylation sites is 4. The van der Waals surface area contributed by atoms with E-state index in [1.165, 1.54) is 45.2 Å². The number of halogens is 1. The van der Waals surface area contributed by atoms with Crippen molar-refractivity contribution in [2.24, 2.45) is 0 Å². The van der Waals surface area contributed by atoms with E-state index in [4.69, 9.17) is 20.1 Å². The first-order valence-corrected chi connectivity index (χ1v) is 32.8. The summed E-state index contributed by atoms with van der Waals surface area (Å²) in [6.07, 6.45) is 2.55. The fraction of sp³-hybridized carbons (Fsp3) is 0.375. The lowest BCUT2D eigenvalue weighted by molar-refractivity contribution is -0.141. The van der Waals surface area contributed by atoms with Gasteiger partial charge in [0.05, 0.1) is 48.5 Å². The molecule has 0 amide bonds.